The molecule has 2 nitrogen and oxygen atoms in total. The lowest BCUT2D eigenvalue weighted by atomic mass is 10.3. The van der Waals surface area contributed by atoms with Crippen molar-refractivity contribution < 1.29 is 9.59 Å². The highest BCUT2D eigenvalue weighted by atomic mass is 32.2. The number of hydrogen-bond donors (Lipinski definition) is 0. The predicted molar refractivity (Wildman–Crippen MR) is 41.2 cm³/mol. The number of carbonyl (C=O) groups is 2. The first kappa shape index (κ1) is 7.79. The van der Waals surface area contributed by atoms with Crippen LogP contribution in [0, 0.1) is 0 Å². The van der Waals surface area contributed by atoms with Crippen LogP contribution in [0.5, 0.6) is 0 Å². The van der Waals surface area contributed by atoms with Gasteiger partial charge in [-0.15, -0.1) is 0 Å². The standard InChI is InChI=1S/C7H10O2S/c1-2-10-7-4-5(8)3-6(7)9/h7H,2-4H2,1H3. The second-order valence-corrected chi connectivity index (χ2v) is 3.81. The Bertz CT molecular complexity index is 165. The van der Waals surface area contributed by atoms with E-state index >= 15 is 0 Å². The number of carbonyl (C=O) groups excluding carboxylic acids is 2. The molecule has 56 valence electrons. The zero-order valence-corrected chi connectivity index (χ0v) is 6.74. The van der Waals surface area contributed by atoms with Crippen molar-refractivity contribution in [1.82, 2.24) is 0 Å². The summed E-state index contributed by atoms with van der Waals surface area (Å²) in [6, 6.07) is 0. The van der Waals surface area contributed by atoms with Gasteiger partial charge in [0.15, 0.2) is 5.78 Å². The van der Waals surface area contributed by atoms with Gasteiger partial charge in [-0.2, -0.15) is 11.8 Å². The second-order valence-electron chi connectivity index (χ2n) is 2.33. The molecule has 10 heavy (non-hydrogen) atoms. The molecule has 1 atom stereocenters. The molecule has 0 aliphatic heterocycles. The Morgan fingerprint density at radius 2 is 2.30 bits per heavy atom. The third-order valence-corrected chi connectivity index (χ3v) is 2.68. The summed E-state index contributed by atoms with van der Waals surface area (Å²) >= 11 is 1.58. The van der Waals surface area contributed by atoms with Crippen molar-refractivity contribution >= 4 is 23.3 Å². The van der Waals surface area contributed by atoms with Crippen molar-refractivity contribution in [3.05, 3.63) is 0 Å². The molecule has 1 aliphatic carbocycles. The molecule has 0 bridgehead atoms. The van der Waals surface area contributed by atoms with Crippen LogP contribution in [0.4, 0.5) is 0 Å². The molecule has 0 N–H and O–H groups in total. The normalized spacial score (nSPS) is 25.9. The van der Waals surface area contributed by atoms with Crippen LogP contribution in [-0.4, -0.2) is 22.6 Å². The number of thioether (sulfide) groups is 1. The lowest BCUT2D eigenvalue weighted by Gasteiger charge is -2.01. The average molecular weight is 158 g/mol. The van der Waals surface area contributed by atoms with Crippen molar-refractivity contribution in [2.24, 2.45) is 0 Å². The van der Waals surface area contributed by atoms with E-state index in [4.69, 9.17) is 0 Å². The second kappa shape index (κ2) is 3.19. The first-order chi connectivity index (χ1) is 4.74. The van der Waals surface area contributed by atoms with Gasteiger partial charge in [0.05, 0.1) is 11.7 Å². The Labute approximate surface area is 64.4 Å². The Hall–Kier alpha value is -0.310. The van der Waals surface area contributed by atoms with Crippen molar-refractivity contribution in [3.8, 4) is 0 Å². The molecule has 1 aliphatic rings. The van der Waals surface area contributed by atoms with Crippen LogP contribution in [-0.2, 0) is 9.59 Å². The summed E-state index contributed by atoms with van der Waals surface area (Å²) in [4.78, 5) is 21.6. The van der Waals surface area contributed by atoms with E-state index in [0.717, 1.165) is 5.75 Å². The minimum Gasteiger partial charge on any atom is -0.299 e. The molecule has 1 unspecified atom stereocenters. The van der Waals surface area contributed by atoms with Gasteiger partial charge in [-0.05, 0) is 5.75 Å². The van der Waals surface area contributed by atoms with E-state index in [2.05, 4.69) is 0 Å². The van der Waals surface area contributed by atoms with Crippen LogP contribution in [0.3, 0.4) is 0 Å². The monoisotopic (exact) mass is 158 g/mol. The van der Waals surface area contributed by atoms with Gasteiger partial charge >= 0.3 is 0 Å². The molecule has 1 saturated carbocycles. The van der Waals surface area contributed by atoms with Crippen molar-refractivity contribution in [2.45, 2.75) is 25.0 Å². The number of ketones is 2. The maximum atomic E-state index is 10.9. The van der Waals surface area contributed by atoms with Crippen molar-refractivity contribution in [3.63, 3.8) is 0 Å². The minimum atomic E-state index is -0.0162. The first-order valence-corrected chi connectivity index (χ1v) is 4.45. The van der Waals surface area contributed by atoms with E-state index in [0.29, 0.717) is 6.42 Å². The third-order valence-electron chi connectivity index (χ3n) is 1.51. The summed E-state index contributed by atoms with van der Waals surface area (Å²) in [6.45, 7) is 2.00. The van der Waals surface area contributed by atoms with E-state index in [1.54, 1.807) is 11.8 Å². The molecule has 3 heteroatoms. The topological polar surface area (TPSA) is 34.1 Å². The average Bonchev–Trinajstić information content (AvgIpc) is 2.13. The van der Waals surface area contributed by atoms with Gasteiger partial charge in [-0.3, -0.25) is 9.59 Å². The van der Waals surface area contributed by atoms with Crippen LogP contribution >= 0.6 is 11.8 Å². The highest BCUT2D eigenvalue weighted by molar-refractivity contribution is 8.00. The van der Waals surface area contributed by atoms with E-state index < -0.39 is 0 Å². The van der Waals surface area contributed by atoms with Crippen LogP contribution in [0.2, 0.25) is 0 Å². The molecule has 1 rings (SSSR count). The van der Waals surface area contributed by atoms with Gasteiger partial charge in [-0.1, -0.05) is 6.92 Å². The van der Waals surface area contributed by atoms with Gasteiger partial charge in [0, 0.05) is 6.42 Å². The highest BCUT2D eigenvalue weighted by Gasteiger charge is 2.30. The largest absolute Gasteiger partial charge is 0.299 e. The molecule has 0 saturated heterocycles. The van der Waals surface area contributed by atoms with E-state index in [9.17, 15) is 9.59 Å². The van der Waals surface area contributed by atoms with E-state index in [1.165, 1.54) is 0 Å². The summed E-state index contributed by atoms with van der Waals surface area (Å²) in [5.74, 6) is 1.15. The summed E-state index contributed by atoms with van der Waals surface area (Å²) < 4.78 is 0. The Balaban J connectivity index is 2.46. The van der Waals surface area contributed by atoms with Crippen LogP contribution in [0.25, 0.3) is 0 Å². The number of hydrogen-bond acceptors (Lipinski definition) is 3. The van der Waals surface area contributed by atoms with E-state index in [1.807, 2.05) is 6.92 Å². The van der Waals surface area contributed by atoms with Gasteiger partial charge in [0.25, 0.3) is 0 Å². The lowest BCUT2D eigenvalue weighted by Crippen LogP contribution is -2.07. The summed E-state index contributed by atoms with van der Waals surface area (Å²) in [5, 5.41) is -0.0162. The van der Waals surface area contributed by atoms with Crippen LogP contribution in [0.15, 0.2) is 0 Å². The molecule has 1 fully saturated rings. The maximum Gasteiger partial charge on any atom is 0.153 e. The predicted octanol–water partition coefficient (Wildman–Crippen LogP) is 1.04. The lowest BCUT2D eigenvalue weighted by molar-refractivity contribution is -0.121. The third kappa shape index (κ3) is 1.59. The quantitative estimate of drug-likeness (QED) is 0.563. The summed E-state index contributed by atoms with van der Waals surface area (Å²) in [5.41, 5.74) is 0. The summed E-state index contributed by atoms with van der Waals surface area (Å²) in [6.07, 6.45) is 0.648. The number of rotatable bonds is 2. The Morgan fingerprint density at radius 1 is 1.60 bits per heavy atom. The van der Waals surface area contributed by atoms with Gasteiger partial charge < -0.3 is 0 Å². The maximum absolute atomic E-state index is 10.9. The fourth-order valence-corrected chi connectivity index (χ4v) is 2.03. The zero-order valence-electron chi connectivity index (χ0n) is 5.92. The smallest absolute Gasteiger partial charge is 0.153 e. The molecule has 0 amide bonds. The minimum absolute atomic E-state index is 0.0162. The molecule has 0 spiro atoms. The van der Waals surface area contributed by atoms with E-state index in [-0.39, 0.29) is 23.2 Å². The SMILES string of the molecule is CCSC1CC(=O)CC1=O. The van der Waals surface area contributed by atoms with Gasteiger partial charge in [0.1, 0.15) is 5.78 Å². The fourth-order valence-electron chi connectivity index (χ4n) is 1.05. The highest BCUT2D eigenvalue weighted by Crippen LogP contribution is 2.23. The number of Topliss-reactive ketones (excluding diaryl/α,β-unsaturated/α-hetero) is 2. The molecule has 0 aromatic carbocycles. The van der Waals surface area contributed by atoms with Crippen molar-refractivity contribution in [2.75, 3.05) is 5.75 Å². The summed E-state index contributed by atoms with van der Waals surface area (Å²) in [7, 11) is 0. The van der Waals surface area contributed by atoms with Gasteiger partial charge in [0.2, 0.25) is 0 Å². The molecular formula is C7H10O2S. The Kier molecular flexibility index (Phi) is 2.49. The van der Waals surface area contributed by atoms with Crippen LogP contribution < -0.4 is 0 Å². The molecule has 0 radical (unpaired) electrons. The van der Waals surface area contributed by atoms with Gasteiger partial charge in [-0.25, -0.2) is 0 Å². The zero-order chi connectivity index (χ0) is 7.56. The van der Waals surface area contributed by atoms with Crippen LogP contribution in [0.1, 0.15) is 19.8 Å². The molecule has 0 heterocycles. The molecule has 0 aromatic rings. The molecular weight excluding hydrogens is 148 g/mol. The van der Waals surface area contributed by atoms with Crippen molar-refractivity contribution in [1.29, 1.82) is 0 Å². The molecule has 0 aromatic heterocycles. The fraction of sp³-hybridized carbons (Fsp3) is 0.714. The first-order valence-electron chi connectivity index (χ1n) is 3.40. The Morgan fingerprint density at radius 3 is 2.70 bits per heavy atom.